The molecule has 0 aliphatic heterocycles. The van der Waals surface area contributed by atoms with Gasteiger partial charge in [-0.25, -0.2) is 4.98 Å². The molecular weight excluding hydrogens is 378 g/mol. The molecule has 0 atom stereocenters. The largest absolute Gasteiger partial charge is 0.436 e. The molecule has 4 aromatic rings. The van der Waals surface area contributed by atoms with E-state index in [0.717, 1.165) is 16.6 Å². The predicted molar refractivity (Wildman–Crippen MR) is 110 cm³/mol. The van der Waals surface area contributed by atoms with E-state index in [2.05, 4.69) is 9.98 Å². The number of nitro benzene ring substituents is 1. The number of hydrogen-bond donors (Lipinski definition) is 0. The Morgan fingerprint density at radius 1 is 1.14 bits per heavy atom. The normalized spacial score (nSPS) is 11.4. The van der Waals surface area contributed by atoms with Crippen LogP contribution in [0.4, 0.5) is 11.4 Å². The second kappa shape index (κ2) is 7.25. The third-order valence-electron chi connectivity index (χ3n) is 4.17. The maximum atomic E-state index is 11.0. The van der Waals surface area contributed by atoms with Gasteiger partial charge in [0.15, 0.2) is 5.58 Å². The summed E-state index contributed by atoms with van der Waals surface area (Å²) in [4.78, 5) is 19.4. The van der Waals surface area contributed by atoms with Crippen molar-refractivity contribution in [2.24, 2.45) is 4.99 Å². The molecule has 0 amide bonds. The van der Waals surface area contributed by atoms with Gasteiger partial charge in [0, 0.05) is 23.9 Å². The lowest BCUT2D eigenvalue weighted by Gasteiger charge is -1.97. The Balaban J connectivity index is 1.64. The van der Waals surface area contributed by atoms with Crippen LogP contribution in [0.3, 0.4) is 0 Å². The van der Waals surface area contributed by atoms with Gasteiger partial charge >= 0.3 is 0 Å². The highest BCUT2D eigenvalue weighted by atomic mass is 35.5. The molecule has 138 valence electrons. The number of oxazole rings is 1. The summed E-state index contributed by atoms with van der Waals surface area (Å²) in [5.41, 5.74) is 4.47. The molecule has 0 fully saturated rings. The van der Waals surface area contributed by atoms with Crippen LogP contribution in [0.2, 0.25) is 5.02 Å². The summed E-state index contributed by atoms with van der Waals surface area (Å²) in [6.45, 7) is 2.01. The number of benzene rings is 3. The molecule has 3 aromatic carbocycles. The molecule has 1 aromatic heterocycles. The Morgan fingerprint density at radius 3 is 2.79 bits per heavy atom. The summed E-state index contributed by atoms with van der Waals surface area (Å²) in [6.07, 6.45) is 1.54. The Hall–Kier alpha value is -3.51. The summed E-state index contributed by atoms with van der Waals surface area (Å²) in [5.74, 6) is 0.549. The van der Waals surface area contributed by atoms with Gasteiger partial charge in [0.05, 0.1) is 10.6 Å². The zero-order valence-corrected chi connectivity index (χ0v) is 15.6. The standard InChI is InChI=1S/C21H14ClN3O3/c1-13-3-2-4-15(9-13)21-24-18-8-6-16(11-20(18)28-21)23-12-14-5-7-17(22)19(10-14)25(26)27/h2-12H,1H3. The minimum Gasteiger partial charge on any atom is -0.436 e. The van der Waals surface area contributed by atoms with Gasteiger partial charge in [-0.2, -0.15) is 0 Å². The summed E-state index contributed by atoms with van der Waals surface area (Å²) in [7, 11) is 0. The number of fused-ring (bicyclic) bond motifs is 1. The fourth-order valence-corrected chi connectivity index (χ4v) is 2.98. The first-order valence-electron chi connectivity index (χ1n) is 8.45. The fourth-order valence-electron chi connectivity index (χ4n) is 2.79. The lowest BCUT2D eigenvalue weighted by Crippen LogP contribution is -1.91. The van der Waals surface area contributed by atoms with E-state index < -0.39 is 4.92 Å². The quantitative estimate of drug-likeness (QED) is 0.238. The van der Waals surface area contributed by atoms with Gasteiger partial charge in [0.25, 0.3) is 5.69 Å². The van der Waals surface area contributed by atoms with Crippen LogP contribution >= 0.6 is 11.6 Å². The number of aliphatic imine (C=N–C) groups is 1. The maximum absolute atomic E-state index is 11.0. The number of halogens is 1. The molecule has 7 heteroatoms. The van der Waals surface area contributed by atoms with Gasteiger partial charge in [0.1, 0.15) is 10.5 Å². The topological polar surface area (TPSA) is 81.5 Å². The van der Waals surface area contributed by atoms with Crippen molar-refractivity contribution >= 4 is 40.3 Å². The molecule has 0 aliphatic rings. The zero-order valence-electron chi connectivity index (χ0n) is 14.8. The molecule has 1 heterocycles. The van der Waals surface area contributed by atoms with Crippen LogP contribution in [0.25, 0.3) is 22.6 Å². The van der Waals surface area contributed by atoms with Gasteiger partial charge in [0.2, 0.25) is 5.89 Å². The van der Waals surface area contributed by atoms with Gasteiger partial charge < -0.3 is 4.42 Å². The molecule has 4 rings (SSSR count). The molecule has 0 aliphatic carbocycles. The average molecular weight is 392 g/mol. The highest BCUT2D eigenvalue weighted by molar-refractivity contribution is 6.32. The Kier molecular flexibility index (Phi) is 4.63. The van der Waals surface area contributed by atoms with Crippen molar-refractivity contribution in [1.82, 2.24) is 4.98 Å². The Labute approximate surface area is 165 Å². The van der Waals surface area contributed by atoms with Gasteiger partial charge in [-0.15, -0.1) is 0 Å². The molecule has 0 N–H and O–H groups in total. The number of nitrogens with zero attached hydrogens (tertiary/aromatic N) is 3. The lowest BCUT2D eigenvalue weighted by molar-refractivity contribution is -0.384. The van der Waals surface area contributed by atoms with Crippen molar-refractivity contribution in [1.29, 1.82) is 0 Å². The Morgan fingerprint density at radius 2 is 2.00 bits per heavy atom. The number of rotatable bonds is 4. The van der Waals surface area contributed by atoms with Crippen molar-refractivity contribution in [2.75, 3.05) is 0 Å². The highest BCUT2D eigenvalue weighted by Crippen LogP contribution is 2.28. The molecule has 0 spiro atoms. The molecule has 28 heavy (non-hydrogen) atoms. The van der Waals surface area contributed by atoms with E-state index in [1.807, 2.05) is 43.3 Å². The fraction of sp³-hybridized carbons (Fsp3) is 0.0476. The van der Waals surface area contributed by atoms with Gasteiger partial charge in [-0.3, -0.25) is 15.1 Å². The van der Waals surface area contributed by atoms with Gasteiger partial charge in [-0.05, 0) is 42.8 Å². The van der Waals surface area contributed by atoms with Crippen LogP contribution in [-0.2, 0) is 0 Å². The number of aromatic nitrogens is 1. The second-order valence-corrected chi connectivity index (χ2v) is 6.67. The maximum Gasteiger partial charge on any atom is 0.288 e. The Bertz CT molecular complexity index is 1230. The SMILES string of the molecule is Cc1cccc(-c2nc3ccc(N=Cc4ccc(Cl)c([N+](=O)[O-])c4)cc3o2)c1. The lowest BCUT2D eigenvalue weighted by atomic mass is 10.1. The second-order valence-electron chi connectivity index (χ2n) is 6.27. The number of aryl methyl sites for hydroxylation is 1. The van der Waals surface area contributed by atoms with Crippen LogP contribution in [0.15, 0.2) is 70.1 Å². The summed E-state index contributed by atoms with van der Waals surface area (Å²) in [6, 6.07) is 17.9. The third-order valence-corrected chi connectivity index (χ3v) is 4.49. The molecular formula is C21H14ClN3O3. The average Bonchev–Trinajstić information content (AvgIpc) is 3.10. The van der Waals surface area contributed by atoms with E-state index in [4.69, 9.17) is 16.0 Å². The van der Waals surface area contributed by atoms with Crippen molar-refractivity contribution in [3.63, 3.8) is 0 Å². The van der Waals surface area contributed by atoms with E-state index >= 15 is 0 Å². The first-order chi connectivity index (χ1) is 13.5. The molecule has 6 nitrogen and oxygen atoms in total. The molecule has 0 saturated heterocycles. The molecule has 0 unspecified atom stereocenters. The van der Waals surface area contributed by atoms with Crippen molar-refractivity contribution < 1.29 is 9.34 Å². The highest BCUT2D eigenvalue weighted by Gasteiger charge is 2.12. The van der Waals surface area contributed by atoms with Gasteiger partial charge in [-0.1, -0.05) is 35.4 Å². The van der Waals surface area contributed by atoms with E-state index in [1.165, 1.54) is 12.1 Å². The summed E-state index contributed by atoms with van der Waals surface area (Å²) >= 11 is 5.83. The van der Waals surface area contributed by atoms with E-state index in [1.54, 1.807) is 18.3 Å². The van der Waals surface area contributed by atoms with Crippen molar-refractivity contribution in [3.8, 4) is 11.5 Å². The summed E-state index contributed by atoms with van der Waals surface area (Å²) in [5, 5.41) is 11.1. The van der Waals surface area contributed by atoms with Crippen LogP contribution in [0.5, 0.6) is 0 Å². The van der Waals surface area contributed by atoms with E-state index in [-0.39, 0.29) is 10.7 Å². The minimum atomic E-state index is -0.521. The van der Waals surface area contributed by atoms with Crippen LogP contribution < -0.4 is 0 Å². The van der Waals surface area contributed by atoms with Crippen LogP contribution in [0.1, 0.15) is 11.1 Å². The number of nitro groups is 1. The predicted octanol–water partition coefficient (Wildman–Crippen LogP) is 6.12. The smallest absolute Gasteiger partial charge is 0.288 e. The number of hydrogen-bond acceptors (Lipinski definition) is 5. The molecule has 0 bridgehead atoms. The monoisotopic (exact) mass is 391 g/mol. The van der Waals surface area contributed by atoms with E-state index in [9.17, 15) is 10.1 Å². The first-order valence-corrected chi connectivity index (χ1v) is 8.83. The first kappa shape index (κ1) is 17.9. The summed E-state index contributed by atoms with van der Waals surface area (Å²) < 4.78 is 5.88. The van der Waals surface area contributed by atoms with Crippen molar-refractivity contribution in [2.45, 2.75) is 6.92 Å². The molecule has 0 saturated carbocycles. The van der Waals surface area contributed by atoms with Crippen LogP contribution in [0, 0.1) is 17.0 Å². The van der Waals surface area contributed by atoms with E-state index in [0.29, 0.717) is 22.7 Å². The van der Waals surface area contributed by atoms with Crippen LogP contribution in [-0.4, -0.2) is 16.1 Å². The third kappa shape index (κ3) is 3.63. The van der Waals surface area contributed by atoms with Crippen molar-refractivity contribution in [3.05, 3.63) is 86.9 Å². The molecule has 0 radical (unpaired) electrons. The minimum absolute atomic E-state index is 0.0916. The zero-order chi connectivity index (χ0) is 19.7.